The number of rotatable bonds is 6. The molecule has 0 bridgehead atoms. The summed E-state index contributed by atoms with van der Waals surface area (Å²) in [5.41, 5.74) is -1.14. The fourth-order valence-corrected chi connectivity index (χ4v) is 3.54. The first-order chi connectivity index (χ1) is 17.4. The third-order valence-electron chi connectivity index (χ3n) is 5.12. The molecule has 0 unspecified atom stereocenters. The van der Waals surface area contributed by atoms with Gasteiger partial charge in [-0.15, -0.1) is 0 Å². The lowest BCUT2D eigenvalue weighted by Gasteiger charge is -2.24. The lowest BCUT2D eigenvalue weighted by molar-refractivity contribution is -0.0525. The minimum absolute atomic E-state index is 0.0303. The number of hydrogen-bond donors (Lipinski definition) is 1. The molecule has 14 heteroatoms. The zero-order chi connectivity index (χ0) is 26.9. The summed E-state index contributed by atoms with van der Waals surface area (Å²) in [7, 11) is 0. The minimum atomic E-state index is -3.34. The Morgan fingerprint density at radius 1 is 1.16 bits per heavy atom. The number of nitrogens with zero attached hydrogens (tertiary/aromatic N) is 4. The zero-order valence-corrected chi connectivity index (χ0v) is 19.9. The highest BCUT2D eigenvalue weighted by molar-refractivity contribution is 5.87. The van der Waals surface area contributed by atoms with E-state index in [-0.39, 0.29) is 23.4 Å². The summed E-state index contributed by atoms with van der Waals surface area (Å²) in [4.78, 5) is 25.7. The molecule has 198 valence electrons. The van der Waals surface area contributed by atoms with Crippen LogP contribution in [0.2, 0.25) is 0 Å². The van der Waals surface area contributed by atoms with Gasteiger partial charge in [0.05, 0.1) is 17.7 Å². The number of alkyl halides is 2. The molecule has 1 aliphatic rings. The summed E-state index contributed by atoms with van der Waals surface area (Å²) in [6.07, 6.45) is 0.336. The predicted octanol–water partition coefficient (Wildman–Crippen LogP) is 5.18. The number of benzene rings is 1. The molecule has 0 spiro atoms. The van der Waals surface area contributed by atoms with E-state index < -0.39 is 59.2 Å². The van der Waals surface area contributed by atoms with Gasteiger partial charge in [-0.3, -0.25) is 0 Å². The van der Waals surface area contributed by atoms with Gasteiger partial charge in [-0.1, -0.05) is 0 Å². The van der Waals surface area contributed by atoms with Gasteiger partial charge in [0, 0.05) is 19.0 Å². The number of pyridine rings is 1. The normalized spacial score (nSPS) is 15.8. The molecule has 0 radical (unpaired) electrons. The van der Waals surface area contributed by atoms with Crippen molar-refractivity contribution in [1.82, 2.24) is 19.9 Å². The number of hydrogen-bond acceptors (Lipinski definition) is 8. The number of nitrogens with one attached hydrogen (secondary N) is 1. The van der Waals surface area contributed by atoms with E-state index in [0.29, 0.717) is 13.0 Å². The van der Waals surface area contributed by atoms with Crippen LogP contribution in [-0.2, 0) is 4.74 Å². The van der Waals surface area contributed by atoms with Crippen molar-refractivity contribution in [3.8, 4) is 11.6 Å². The second kappa shape index (κ2) is 10.2. The molecule has 37 heavy (non-hydrogen) atoms. The fraction of sp³-hybridized carbons (Fsp3) is 0.391. The Morgan fingerprint density at radius 3 is 2.62 bits per heavy atom. The Kier molecular flexibility index (Phi) is 7.18. The van der Waals surface area contributed by atoms with Crippen molar-refractivity contribution in [1.29, 1.82) is 0 Å². The molecule has 1 amide bonds. The van der Waals surface area contributed by atoms with Crippen LogP contribution in [0.1, 0.15) is 27.2 Å². The summed E-state index contributed by atoms with van der Waals surface area (Å²) in [5.74, 6) is -5.48. The molecule has 1 saturated heterocycles. The first kappa shape index (κ1) is 26.1. The van der Waals surface area contributed by atoms with Crippen molar-refractivity contribution >= 4 is 28.6 Å². The monoisotopic (exact) mass is 527 g/mol. The van der Waals surface area contributed by atoms with Gasteiger partial charge in [0.25, 0.3) is 5.88 Å². The molecule has 1 N–H and O–H groups in total. The average Bonchev–Trinajstić information content (AvgIpc) is 3.27. The maximum absolute atomic E-state index is 14.7. The van der Waals surface area contributed by atoms with E-state index in [0.717, 1.165) is 24.5 Å². The van der Waals surface area contributed by atoms with Gasteiger partial charge in [-0.2, -0.15) is 13.2 Å². The van der Waals surface area contributed by atoms with Crippen molar-refractivity contribution in [3.63, 3.8) is 0 Å². The maximum atomic E-state index is 14.7. The van der Waals surface area contributed by atoms with Crippen LogP contribution in [-0.4, -0.2) is 57.4 Å². The summed E-state index contributed by atoms with van der Waals surface area (Å²) in [5, 5.41) is 2.50. The number of aromatic nitrogens is 3. The third-order valence-corrected chi connectivity index (χ3v) is 5.12. The molecule has 2 aromatic heterocycles. The van der Waals surface area contributed by atoms with Crippen LogP contribution in [0.15, 0.2) is 24.5 Å². The Labute approximate surface area is 207 Å². The summed E-state index contributed by atoms with van der Waals surface area (Å²) < 4.78 is 83.0. The SMILES string of the molecule is CC(C)(C)OC(=O)N1CC[C@H](Oc2nc3c(Nc4ccc(OC(F)F)c(F)c4F)ncnc3cc2F)C1. The summed E-state index contributed by atoms with van der Waals surface area (Å²) in [6.45, 7) is 2.35. The summed E-state index contributed by atoms with van der Waals surface area (Å²) >= 11 is 0. The van der Waals surface area contributed by atoms with Gasteiger partial charge in [0.1, 0.15) is 23.5 Å². The fourth-order valence-electron chi connectivity index (χ4n) is 3.54. The van der Waals surface area contributed by atoms with Gasteiger partial charge in [0.2, 0.25) is 5.82 Å². The van der Waals surface area contributed by atoms with Gasteiger partial charge in [-0.25, -0.2) is 28.5 Å². The van der Waals surface area contributed by atoms with Gasteiger partial charge >= 0.3 is 12.7 Å². The standard InChI is InChI=1S/C23H22F5N5O4/c1-23(2,3)37-22(34)33-7-6-11(9-33)35-20-12(24)8-14-18(32-20)19(30-10-29-14)31-13-4-5-15(36-21(27)28)17(26)16(13)25/h4-5,8,10-11,21H,6-7,9H2,1-3H3,(H,29,30,31)/t11-/m0/s1. The topological polar surface area (TPSA) is 98.7 Å². The van der Waals surface area contributed by atoms with E-state index in [1.807, 2.05) is 0 Å². The van der Waals surface area contributed by atoms with Gasteiger partial charge in [-0.05, 0) is 32.9 Å². The molecular formula is C23H22F5N5O4. The summed E-state index contributed by atoms with van der Waals surface area (Å²) in [6, 6.07) is 2.81. The molecule has 1 aliphatic heterocycles. The highest BCUT2D eigenvalue weighted by atomic mass is 19.3. The number of carbonyl (C=O) groups excluding carboxylic acids is 1. The van der Waals surface area contributed by atoms with Crippen LogP contribution in [0.4, 0.5) is 38.3 Å². The number of likely N-dealkylation sites (tertiary alicyclic amines) is 1. The lowest BCUT2D eigenvalue weighted by Crippen LogP contribution is -2.36. The van der Waals surface area contributed by atoms with E-state index in [2.05, 4.69) is 25.0 Å². The van der Waals surface area contributed by atoms with E-state index in [1.54, 1.807) is 20.8 Å². The molecule has 4 rings (SSSR count). The molecule has 0 saturated carbocycles. The van der Waals surface area contributed by atoms with Crippen molar-refractivity contribution in [3.05, 3.63) is 42.0 Å². The van der Waals surface area contributed by atoms with Crippen LogP contribution in [0, 0.1) is 17.5 Å². The molecule has 3 aromatic rings. The second-order valence-corrected chi connectivity index (χ2v) is 9.06. The maximum Gasteiger partial charge on any atom is 0.410 e. The van der Waals surface area contributed by atoms with Crippen LogP contribution < -0.4 is 14.8 Å². The number of fused-ring (bicyclic) bond motifs is 1. The van der Waals surface area contributed by atoms with E-state index in [9.17, 15) is 26.7 Å². The van der Waals surface area contributed by atoms with E-state index in [1.165, 1.54) is 4.90 Å². The van der Waals surface area contributed by atoms with E-state index in [4.69, 9.17) is 9.47 Å². The predicted molar refractivity (Wildman–Crippen MR) is 120 cm³/mol. The molecule has 3 heterocycles. The zero-order valence-electron chi connectivity index (χ0n) is 19.9. The number of halogens is 5. The Morgan fingerprint density at radius 2 is 1.92 bits per heavy atom. The van der Waals surface area contributed by atoms with Crippen LogP contribution >= 0.6 is 0 Å². The highest BCUT2D eigenvalue weighted by Crippen LogP contribution is 2.31. The number of carbonyl (C=O) groups is 1. The Bertz CT molecular complexity index is 1320. The number of anilines is 2. The third kappa shape index (κ3) is 6.06. The average molecular weight is 527 g/mol. The quantitative estimate of drug-likeness (QED) is 0.438. The second-order valence-electron chi connectivity index (χ2n) is 9.06. The molecule has 0 aliphatic carbocycles. The first-order valence-electron chi connectivity index (χ1n) is 11.1. The number of amides is 1. The van der Waals surface area contributed by atoms with Crippen LogP contribution in [0.25, 0.3) is 11.0 Å². The lowest BCUT2D eigenvalue weighted by atomic mass is 10.2. The van der Waals surface area contributed by atoms with Gasteiger partial charge < -0.3 is 24.4 Å². The Hall–Kier alpha value is -3.97. The smallest absolute Gasteiger partial charge is 0.410 e. The molecule has 1 atom stereocenters. The first-order valence-corrected chi connectivity index (χ1v) is 11.1. The van der Waals surface area contributed by atoms with E-state index >= 15 is 0 Å². The molecule has 1 aromatic carbocycles. The molecule has 1 fully saturated rings. The molecular weight excluding hydrogens is 505 g/mol. The van der Waals surface area contributed by atoms with Crippen LogP contribution in [0.3, 0.4) is 0 Å². The van der Waals surface area contributed by atoms with Crippen molar-refractivity contribution in [2.75, 3.05) is 18.4 Å². The largest absolute Gasteiger partial charge is 0.470 e. The van der Waals surface area contributed by atoms with Crippen molar-refractivity contribution in [2.24, 2.45) is 0 Å². The van der Waals surface area contributed by atoms with Crippen molar-refractivity contribution in [2.45, 2.75) is 45.5 Å². The van der Waals surface area contributed by atoms with Crippen molar-refractivity contribution < 1.29 is 41.0 Å². The highest BCUT2D eigenvalue weighted by Gasteiger charge is 2.32. The minimum Gasteiger partial charge on any atom is -0.470 e. The Balaban J connectivity index is 1.56. The van der Waals surface area contributed by atoms with Crippen LogP contribution in [0.5, 0.6) is 11.6 Å². The van der Waals surface area contributed by atoms with Gasteiger partial charge in [0.15, 0.2) is 23.2 Å². The molecule has 9 nitrogen and oxygen atoms in total. The number of ether oxygens (including phenoxy) is 3.